The molecule has 1 aromatic rings. The summed E-state index contributed by atoms with van der Waals surface area (Å²) in [6, 6.07) is 5.54. The van der Waals surface area contributed by atoms with Crippen molar-refractivity contribution in [3.8, 4) is 0 Å². The van der Waals surface area contributed by atoms with Crippen LogP contribution < -0.4 is 10.2 Å². The van der Waals surface area contributed by atoms with Gasteiger partial charge in [0.1, 0.15) is 0 Å². The van der Waals surface area contributed by atoms with E-state index in [-0.39, 0.29) is 24.2 Å². The molecule has 2 rings (SSSR count). The zero-order chi connectivity index (χ0) is 15.4. The molecule has 0 bridgehead atoms. The maximum atomic E-state index is 12.1. The molecule has 1 aliphatic rings. The van der Waals surface area contributed by atoms with Crippen LogP contribution >= 0.6 is 11.6 Å². The second kappa shape index (κ2) is 6.94. The van der Waals surface area contributed by atoms with Crippen molar-refractivity contribution in [1.82, 2.24) is 5.32 Å². The van der Waals surface area contributed by atoms with Gasteiger partial charge in [-0.2, -0.15) is 0 Å². The third-order valence-corrected chi connectivity index (χ3v) is 4.20. The Kier molecular flexibility index (Phi) is 5.23. The van der Waals surface area contributed by atoms with Gasteiger partial charge in [0.2, 0.25) is 11.8 Å². The summed E-state index contributed by atoms with van der Waals surface area (Å²) in [6.45, 7) is 5.10. The molecular weight excluding hydrogens is 288 g/mol. The van der Waals surface area contributed by atoms with E-state index in [1.807, 2.05) is 19.1 Å². The highest BCUT2D eigenvalue weighted by molar-refractivity contribution is 6.31. The minimum absolute atomic E-state index is 0.0226. The quantitative estimate of drug-likeness (QED) is 0.850. The number of hydrogen-bond donors (Lipinski definition) is 1. The van der Waals surface area contributed by atoms with Gasteiger partial charge in [0.15, 0.2) is 0 Å². The highest BCUT2D eigenvalue weighted by atomic mass is 35.5. The van der Waals surface area contributed by atoms with Crippen molar-refractivity contribution in [2.45, 2.75) is 33.1 Å². The van der Waals surface area contributed by atoms with Crippen molar-refractivity contribution in [3.05, 3.63) is 28.8 Å². The van der Waals surface area contributed by atoms with E-state index in [2.05, 4.69) is 12.2 Å². The van der Waals surface area contributed by atoms with Crippen LogP contribution in [0.15, 0.2) is 18.2 Å². The van der Waals surface area contributed by atoms with Gasteiger partial charge in [0.05, 0.1) is 5.92 Å². The number of anilines is 1. The van der Waals surface area contributed by atoms with Crippen LogP contribution in [-0.4, -0.2) is 24.9 Å². The zero-order valence-corrected chi connectivity index (χ0v) is 13.2. The Morgan fingerprint density at radius 2 is 2.24 bits per heavy atom. The van der Waals surface area contributed by atoms with Gasteiger partial charge in [-0.15, -0.1) is 0 Å². The fourth-order valence-electron chi connectivity index (χ4n) is 2.42. The molecule has 0 saturated carbocycles. The second-order valence-electron chi connectivity index (χ2n) is 5.48. The van der Waals surface area contributed by atoms with Gasteiger partial charge in [-0.1, -0.05) is 31.0 Å². The van der Waals surface area contributed by atoms with Gasteiger partial charge in [-0.3, -0.25) is 9.59 Å². The molecule has 114 valence electrons. The van der Waals surface area contributed by atoms with Crippen LogP contribution in [0.25, 0.3) is 0 Å². The fraction of sp³-hybridized carbons (Fsp3) is 0.500. The predicted molar refractivity (Wildman–Crippen MR) is 84.6 cm³/mol. The van der Waals surface area contributed by atoms with E-state index in [1.54, 1.807) is 11.0 Å². The number of halogens is 1. The summed E-state index contributed by atoms with van der Waals surface area (Å²) in [5.41, 5.74) is 1.74. The van der Waals surface area contributed by atoms with Crippen LogP contribution in [0, 0.1) is 12.8 Å². The summed E-state index contributed by atoms with van der Waals surface area (Å²) in [7, 11) is 0. The number of unbranched alkanes of at least 4 members (excludes halogenated alkanes) is 1. The number of benzene rings is 1. The van der Waals surface area contributed by atoms with Crippen molar-refractivity contribution < 1.29 is 9.59 Å². The molecule has 21 heavy (non-hydrogen) atoms. The first-order valence-corrected chi connectivity index (χ1v) is 7.75. The standard InChI is InChI=1S/C16H21ClN2O2/c1-3-4-7-18-16(21)12-8-15(20)19(10-12)13-6-5-11(2)14(17)9-13/h5-6,9,12H,3-4,7-8,10H2,1-2H3,(H,18,21)/t12-/m0/s1. The van der Waals surface area contributed by atoms with E-state index >= 15 is 0 Å². The van der Waals surface area contributed by atoms with Crippen molar-refractivity contribution in [2.24, 2.45) is 5.92 Å². The highest BCUT2D eigenvalue weighted by Gasteiger charge is 2.35. The molecule has 2 amide bonds. The third kappa shape index (κ3) is 3.76. The normalized spacial score (nSPS) is 18.1. The van der Waals surface area contributed by atoms with E-state index in [0.29, 0.717) is 18.1 Å². The monoisotopic (exact) mass is 308 g/mol. The molecule has 0 unspecified atom stereocenters. The lowest BCUT2D eigenvalue weighted by molar-refractivity contribution is -0.126. The molecule has 4 nitrogen and oxygen atoms in total. The number of carbonyl (C=O) groups is 2. The van der Waals surface area contributed by atoms with Crippen LogP contribution in [0.4, 0.5) is 5.69 Å². The van der Waals surface area contributed by atoms with E-state index in [4.69, 9.17) is 11.6 Å². The minimum Gasteiger partial charge on any atom is -0.356 e. The SMILES string of the molecule is CCCCNC(=O)[C@H]1CC(=O)N(c2ccc(C)c(Cl)c2)C1. The number of hydrogen-bond acceptors (Lipinski definition) is 2. The number of nitrogens with one attached hydrogen (secondary N) is 1. The first kappa shape index (κ1) is 15.8. The first-order valence-electron chi connectivity index (χ1n) is 7.37. The second-order valence-corrected chi connectivity index (χ2v) is 5.89. The number of carbonyl (C=O) groups excluding carboxylic acids is 2. The molecule has 5 heteroatoms. The summed E-state index contributed by atoms with van der Waals surface area (Å²) in [5, 5.41) is 3.53. The van der Waals surface area contributed by atoms with Crippen LogP contribution in [0.3, 0.4) is 0 Å². The van der Waals surface area contributed by atoms with Crippen LogP contribution in [0.5, 0.6) is 0 Å². The number of amides is 2. The van der Waals surface area contributed by atoms with Crippen molar-refractivity contribution in [3.63, 3.8) is 0 Å². The number of nitrogens with zero attached hydrogens (tertiary/aromatic N) is 1. The molecule has 0 aliphatic carbocycles. The van der Waals surface area contributed by atoms with Gasteiger partial charge in [-0.05, 0) is 31.0 Å². The van der Waals surface area contributed by atoms with Crippen molar-refractivity contribution in [2.75, 3.05) is 18.0 Å². The molecule has 1 heterocycles. The maximum absolute atomic E-state index is 12.1. The zero-order valence-electron chi connectivity index (χ0n) is 12.5. The first-order chi connectivity index (χ1) is 10.0. The lowest BCUT2D eigenvalue weighted by atomic mass is 10.1. The molecule has 0 spiro atoms. The molecule has 1 fully saturated rings. The molecule has 1 saturated heterocycles. The van der Waals surface area contributed by atoms with E-state index in [1.165, 1.54) is 0 Å². The summed E-state index contributed by atoms with van der Waals surface area (Å²) in [5.74, 6) is -0.322. The Hall–Kier alpha value is -1.55. The average Bonchev–Trinajstić information content (AvgIpc) is 2.84. The Bertz CT molecular complexity index is 545. The van der Waals surface area contributed by atoms with Gasteiger partial charge in [-0.25, -0.2) is 0 Å². The molecule has 1 aromatic carbocycles. The average molecular weight is 309 g/mol. The van der Waals surface area contributed by atoms with Gasteiger partial charge >= 0.3 is 0 Å². The maximum Gasteiger partial charge on any atom is 0.227 e. The topological polar surface area (TPSA) is 49.4 Å². The van der Waals surface area contributed by atoms with Gasteiger partial charge in [0, 0.05) is 30.2 Å². The number of rotatable bonds is 5. The molecule has 1 aliphatic heterocycles. The summed E-state index contributed by atoms with van der Waals surface area (Å²) in [6.07, 6.45) is 2.27. The number of aryl methyl sites for hydroxylation is 1. The minimum atomic E-state index is -0.269. The van der Waals surface area contributed by atoms with E-state index in [9.17, 15) is 9.59 Å². The molecule has 1 N–H and O–H groups in total. The Labute approximate surface area is 130 Å². The summed E-state index contributed by atoms with van der Waals surface area (Å²) >= 11 is 6.11. The lowest BCUT2D eigenvalue weighted by Gasteiger charge is -2.17. The summed E-state index contributed by atoms with van der Waals surface area (Å²) < 4.78 is 0. The Morgan fingerprint density at radius 1 is 1.48 bits per heavy atom. The van der Waals surface area contributed by atoms with Crippen LogP contribution in [0.2, 0.25) is 5.02 Å². The van der Waals surface area contributed by atoms with E-state index in [0.717, 1.165) is 24.1 Å². The lowest BCUT2D eigenvalue weighted by Crippen LogP contribution is -2.33. The van der Waals surface area contributed by atoms with Crippen molar-refractivity contribution in [1.29, 1.82) is 0 Å². The Morgan fingerprint density at radius 3 is 2.90 bits per heavy atom. The van der Waals surface area contributed by atoms with Gasteiger partial charge in [0.25, 0.3) is 0 Å². The third-order valence-electron chi connectivity index (χ3n) is 3.79. The van der Waals surface area contributed by atoms with Gasteiger partial charge < -0.3 is 10.2 Å². The smallest absolute Gasteiger partial charge is 0.227 e. The predicted octanol–water partition coefficient (Wildman–Crippen LogP) is 2.92. The summed E-state index contributed by atoms with van der Waals surface area (Å²) in [4.78, 5) is 25.8. The van der Waals surface area contributed by atoms with E-state index < -0.39 is 0 Å². The van der Waals surface area contributed by atoms with Crippen LogP contribution in [0.1, 0.15) is 31.7 Å². The molecule has 0 radical (unpaired) electrons. The molecular formula is C16H21ClN2O2. The largest absolute Gasteiger partial charge is 0.356 e. The molecule has 0 aromatic heterocycles. The van der Waals surface area contributed by atoms with Crippen LogP contribution in [-0.2, 0) is 9.59 Å². The fourth-order valence-corrected chi connectivity index (χ4v) is 2.59. The Balaban J connectivity index is 2.02. The van der Waals surface area contributed by atoms with Crippen molar-refractivity contribution >= 4 is 29.1 Å². The molecule has 1 atom stereocenters. The highest BCUT2D eigenvalue weighted by Crippen LogP contribution is 2.28.